The summed E-state index contributed by atoms with van der Waals surface area (Å²) in [5, 5.41) is 5.96. The number of carbonyl (C=O) groups is 4. The molecular weight excluding hydrogens is 500 g/mol. The first-order valence-corrected chi connectivity index (χ1v) is 13.0. The Morgan fingerprint density at radius 3 is 2.54 bits per heavy atom. The standard InChI is InChI=1S/C26H37ClN4O6/c1-6-15-9-11-19(23(34)29-18-13-20(32)37-25(18)36-7-2)31(15)24(35)21(26(3,4)5)30-22(33)14-8-10-17(28)16(27)12-14/h8,10,12,15,18-19,21,25H,6-7,9,11,13,28H2,1-5H3,(H,29,34)(H,30,33). The predicted molar refractivity (Wildman–Crippen MR) is 139 cm³/mol. The number of esters is 1. The number of anilines is 1. The highest BCUT2D eigenvalue weighted by atomic mass is 35.5. The van der Waals surface area contributed by atoms with Crippen LogP contribution in [0.3, 0.4) is 0 Å². The van der Waals surface area contributed by atoms with Crippen LogP contribution in [0.15, 0.2) is 18.2 Å². The number of ether oxygens (including phenoxy) is 2. The van der Waals surface area contributed by atoms with Crippen LogP contribution in [0, 0.1) is 5.41 Å². The van der Waals surface area contributed by atoms with Gasteiger partial charge in [0.2, 0.25) is 18.1 Å². The molecule has 0 saturated carbocycles. The molecule has 0 aliphatic carbocycles. The molecule has 5 atom stereocenters. The van der Waals surface area contributed by atoms with Gasteiger partial charge in [0.25, 0.3) is 5.91 Å². The van der Waals surface area contributed by atoms with E-state index in [-0.39, 0.29) is 34.9 Å². The molecule has 204 valence electrons. The molecule has 2 aliphatic heterocycles. The fourth-order valence-corrected chi connectivity index (χ4v) is 4.98. The lowest BCUT2D eigenvalue weighted by molar-refractivity contribution is -0.164. The Balaban J connectivity index is 1.82. The maximum absolute atomic E-state index is 14.0. The van der Waals surface area contributed by atoms with E-state index >= 15 is 0 Å². The molecule has 4 N–H and O–H groups in total. The molecular formula is C26H37ClN4O6. The summed E-state index contributed by atoms with van der Waals surface area (Å²) in [4.78, 5) is 53.9. The average molecular weight is 537 g/mol. The van der Waals surface area contributed by atoms with Crippen LogP contribution in [0.2, 0.25) is 5.02 Å². The molecule has 0 aromatic heterocycles. The Hall–Kier alpha value is -2.85. The Labute approximate surface area is 222 Å². The zero-order valence-electron chi connectivity index (χ0n) is 22.0. The number of amides is 3. The van der Waals surface area contributed by atoms with E-state index in [1.54, 1.807) is 17.9 Å². The van der Waals surface area contributed by atoms with Crippen molar-refractivity contribution in [1.82, 2.24) is 15.5 Å². The summed E-state index contributed by atoms with van der Waals surface area (Å²) in [6, 6.07) is 2.07. The third kappa shape index (κ3) is 6.54. The zero-order chi connectivity index (χ0) is 27.5. The number of hydrogen-bond donors (Lipinski definition) is 3. The third-order valence-electron chi connectivity index (χ3n) is 6.80. The molecule has 1 aromatic rings. The van der Waals surface area contributed by atoms with E-state index in [1.165, 1.54) is 12.1 Å². The molecule has 10 nitrogen and oxygen atoms in total. The second-order valence-electron chi connectivity index (χ2n) is 10.5. The largest absolute Gasteiger partial charge is 0.433 e. The van der Waals surface area contributed by atoms with Crippen LogP contribution in [0.25, 0.3) is 0 Å². The highest BCUT2D eigenvalue weighted by Crippen LogP contribution is 2.32. The number of cyclic esters (lactones) is 1. The topological polar surface area (TPSA) is 140 Å². The van der Waals surface area contributed by atoms with Gasteiger partial charge >= 0.3 is 5.97 Å². The number of hydrogen-bond acceptors (Lipinski definition) is 7. The molecule has 0 spiro atoms. The lowest BCUT2D eigenvalue weighted by Crippen LogP contribution is -2.60. The molecule has 11 heteroatoms. The van der Waals surface area contributed by atoms with Crippen molar-refractivity contribution < 1.29 is 28.7 Å². The predicted octanol–water partition coefficient (Wildman–Crippen LogP) is 2.63. The Morgan fingerprint density at radius 2 is 1.95 bits per heavy atom. The van der Waals surface area contributed by atoms with Gasteiger partial charge in [0.15, 0.2) is 0 Å². The smallest absolute Gasteiger partial charge is 0.310 e. The van der Waals surface area contributed by atoms with E-state index in [9.17, 15) is 19.2 Å². The maximum Gasteiger partial charge on any atom is 0.310 e. The van der Waals surface area contributed by atoms with Crippen LogP contribution in [0.5, 0.6) is 0 Å². The molecule has 5 unspecified atom stereocenters. The van der Waals surface area contributed by atoms with Crippen LogP contribution in [0.4, 0.5) is 5.69 Å². The monoisotopic (exact) mass is 536 g/mol. The van der Waals surface area contributed by atoms with Gasteiger partial charge in [0, 0.05) is 18.2 Å². The summed E-state index contributed by atoms with van der Waals surface area (Å²) in [6.07, 6.45) is 0.907. The van der Waals surface area contributed by atoms with Gasteiger partial charge < -0.3 is 30.7 Å². The van der Waals surface area contributed by atoms with Crippen molar-refractivity contribution >= 4 is 41.0 Å². The second kappa shape index (κ2) is 11.7. The van der Waals surface area contributed by atoms with Crippen LogP contribution >= 0.6 is 11.6 Å². The van der Waals surface area contributed by atoms with Crippen LogP contribution < -0.4 is 16.4 Å². The molecule has 0 bridgehead atoms. The number of nitrogen functional groups attached to an aromatic ring is 1. The molecule has 3 rings (SSSR count). The number of halogens is 1. The Morgan fingerprint density at radius 1 is 1.24 bits per heavy atom. The van der Waals surface area contributed by atoms with Crippen molar-refractivity contribution in [1.29, 1.82) is 0 Å². The molecule has 0 radical (unpaired) electrons. The normalized spacial score (nSPS) is 24.5. The number of carbonyl (C=O) groups excluding carboxylic acids is 4. The molecule has 2 heterocycles. The van der Waals surface area contributed by atoms with Gasteiger partial charge in [0.05, 0.1) is 17.1 Å². The highest BCUT2D eigenvalue weighted by Gasteiger charge is 2.47. The quantitative estimate of drug-likeness (QED) is 0.342. The first-order chi connectivity index (χ1) is 17.4. The highest BCUT2D eigenvalue weighted by molar-refractivity contribution is 6.33. The van der Waals surface area contributed by atoms with E-state index < -0.39 is 41.7 Å². The number of nitrogens with zero attached hydrogens (tertiary/aromatic N) is 1. The Bertz CT molecular complexity index is 1040. The van der Waals surface area contributed by atoms with Crippen LogP contribution in [0.1, 0.15) is 70.7 Å². The first kappa shape index (κ1) is 28.7. The average Bonchev–Trinajstić information content (AvgIpc) is 3.41. The van der Waals surface area contributed by atoms with Crippen molar-refractivity contribution in [2.45, 2.75) is 90.8 Å². The third-order valence-corrected chi connectivity index (χ3v) is 7.13. The van der Waals surface area contributed by atoms with Crippen molar-refractivity contribution in [2.24, 2.45) is 5.41 Å². The number of rotatable bonds is 8. The summed E-state index contributed by atoms with van der Waals surface area (Å²) in [5.74, 6) is -1.63. The molecule has 37 heavy (non-hydrogen) atoms. The second-order valence-corrected chi connectivity index (χ2v) is 10.9. The maximum atomic E-state index is 14.0. The number of likely N-dealkylation sites (tertiary alicyclic amines) is 1. The molecule has 3 amide bonds. The minimum absolute atomic E-state index is 0.000890. The van der Waals surface area contributed by atoms with E-state index in [0.29, 0.717) is 31.6 Å². The first-order valence-electron chi connectivity index (χ1n) is 12.7. The molecule has 2 aliphatic rings. The van der Waals surface area contributed by atoms with Gasteiger partial charge in [0.1, 0.15) is 18.1 Å². The summed E-state index contributed by atoms with van der Waals surface area (Å²) in [5.41, 5.74) is 5.73. The fraction of sp³-hybridized carbons (Fsp3) is 0.615. The summed E-state index contributed by atoms with van der Waals surface area (Å²) in [7, 11) is 0. The van der Waals surface area contributed by atoms with Gasteiger partial charge in [-0.1, -0.05) is 39.3 Å². The van der Waals surface area contributed by atoms with Crippen molar-refractivity contribution in [3.63, 3.8) is 0 Å². The lowest BCUT2D eigenvalue weighted by Gasteiger charge is -2.38. The minimum Gasteiger partial charge on any atom is -0.433 e. The molecule has 2 saturated heterocycles. The minimum atomic E-state index is -0.911. The molecule has 2 fully saturated rings. The van der Waals surface area contributed by atoms with E-state index in [0.717, 1.165) is 0 Å². The fourth-order valence-electron chi connectivity index (χ4n) is 4.80. The summed E-state index contributed by atoms with van der Waals surface area (Å²) >= 11 is 6.09. The zero-order valence-corrected chi connectivity index (χ0v) is 22.8. The summed E-state index contributed by atoms with van der Waals surface area (Å²) in [6.45, 7) is 9.61. The number of benzene rings is 1. The van der Waals surface area contributed by atoms with Crippen molar-refractivity contribution in [3.8, 4) is 0 Å². The van der Waals surface area contributed by atoms with E-state index in [1.807, 2.05) is 27.7 Å². The van der Waals surface area contributed by atoms with Gasteiger partial charge in [-0.25, -0.2) is 0 Å². The van der Waals surface area contributed by atoms with Crippen molar-refractivity contribution in [2.75, 3.05) is 12.3 Å². The van der Waals surface area contributed by atoms with Gasteiger partial charge in [-0.05, 0) is 49.8 Å². The Kier molecular flexibility index (Phi) is 9.07. The lowest BCUT2D eigenvalue weighted by atomic mass is 9.85. The van der Waals surface area contributed by atoms with E-state index in [2.05, 4.69) is 10.6 Å². The van der Waals surface area contributed by atoms with Gasteiger partial charge in [-0.15, -0.1) is 0 Å². The van der Waals surface area contributed by atoms with Gasteiger partial charge in [-0.3, -0.25) is 19.2 Å². The number of nitrogens with two attached hydrogens (primary N) is 1. The SMILES string of the molecule is CCOC1OC(=O)CC1NC(=O)C1CCC(CC)N1C(=O)C(NC(=O)c1ccc(N)c(Cl)c1)C(C)(C)C. The summed E-state index contributed by atoms with van der Waals surface area (Å²) < 4.78 is 10.6. The molecule has 1 aromatic carbocycles. The van der Waals surface area contributed by atoms with Crippen LogP contribution in [-0.2, 0) is 23.9 Å². The van der Waals surface area contributed by atoms with Crippen LogP contribution in [-0.4, -0.2) is 65.7 Å². The van der Waals surface area contributed by atoms with E-state index in [4.69, 9.17) is 26.8 Å². The van der Waals surface area contributed by atoms with Crippen molar-refractivity contribution in [3.05, 3.63) is 28.8 Å². The number of nitrogens with one attached hydrogen (secondary N) is 2. The van der Waals surface area contributed by atoms with Gasteiger partial charge in [-0.2, -0.15) is 0 Å².